The molecule has 128 valence electrons. The van der Waals surface area contributed by atoms with E-state index in [0.29, 0.717) is 12.0 Å². The minimum atomic E-state index is -0.677. The molecule has 0 spiro atoms. The Morgan fingerprint density at radius 3 is 2.76 bits per heavy atom. The first kappa shape index (κ1) is 17.2. The molecule has 0 aliphatic carbocycles. The van der Waals surface area contributed by atoms with Crippen molar-refractivity contribution in [2.24, 2.45) is 0 Å². The van der Waals surface area contributed by atoms with Gasteiger partial charge in [0.25, 0.3) is 11.5 Å². The third kappa shape index (κ3) is 3.56. The second kappa shape index (κ2) is 7.07. The van der Waals surface area contributed by atoms with Gasteiger partial charge in [0, 0.05) is 12.1 Å². The maximum Gasteiger partial charge on any atom is 0.255 e. The van der Waals surface area contributed by atoms with Crippen molar-refractivity contribution >= 4 is 28.4 Å². The van der Waals surface area contributed by atoms with Gasteiger partial charge in [0.2, 0.25) is 0 Å². The Balaban J connectivity index is 1.74. The fraction of sp³-hybridized carbons (Fsp3) is 0.158. The molecule has 25 heavy (non-hydrogen) atoms. The van der Waals surface area contributed by atoms with Crippen LogP contribution in [0.4, 0.5) is 4.39 Å². The average Bonchev–Trinajstić information content (AvgIpc) is 2.56. The highest BCUT2D eigenvalue weighted by Gasteiger charge is 2.15. The molecule has 1 aromatic heterocycles. The van der Waals surface area contributed by atoms with Crippen LogP contribution >= 0.6 is 11.6 Å². The number of carbonyl (C=O) groups excluding carboxylic acids is 1. The van der Waals surface area contributed by atoms with Crippen molar-refractivity contribution in [1.82, 2.24) is 10.3 Å². The lowest BCUT2D eigenvalue weighted by molar-refractivity contribution is 0.0950. The lowest BCUT2D eigenvalue weighted by atomic mass is 10.1. The van der Waals surface area contributed by atoms with Crippen LogP contribution in [0.2, 0.25) is 5.02 Å². The summed E-state index contributed by atoms with van der Waals surface area (Å²) in [6.45, 7) is 2.13. The zero-order chi connectivity index (χ0) is 18.0. The zero-order valence-electron chi connectivity index (χ0n) is 13.5. The van der Waals surface area contributed by atoms with E-state index in [1.54, 1.807) is 0 Å². The third-order valence-electron chi connectivity index (χ3n) is 4.03. The average molecular weight is 359 g/mol. The number of rotatable bonds is 4. The minimum Gasteiger partial charge on any atom is -0.352 e. The van der Waals surface area contributed by atoms with Crippen LogP contribution < -0.4 is 10.9 Å². The van der Waals surface area contributed by atoms with Gasteiger partial charge in [-0.1, -0.05) is 35.9 Å². The molecule has 2 N–H and O–H groups in total. The van der Waals surface area contributed by atoms with Crippen molar-refractivity contribution in [3.8, 4) is 0 Å². The summed E-state index contributed by atoms with van der Waals surface area (Å²) in [4.78, 5) is 27.2. The number of fused-ring (bicyclic) bond motifs is 1. The lowest BCUT2D eigenvalue weighted by Gasteiger charge is -2.08. The summed E-state index contributed by atoms with van der Waals surface area (Å²) in [7, 11) is 0. The summed E-state index contributed by atoms with van der Waals surface area (Å²) >= 11 is 5.87. The standard InChI is InChI=1S/C19H16ClFN2O2/c1-11-4-2-5-12-10-13(18(24)23-17(11)12)8-9-22-19(25)16-14(20)6-3-7-15(16)21/h2-7,10H,8-9H2,1H3,(H,22,25)(H,23,24). The number of aryl methyl sites for hydroxylation is 1. The van der Waals surface area contributed by atoms with Gasteiger partial charge < -0.3 is 10.3 Å². The van der Waals surface area contributed by atoms with Crippen molar-refractivity contribution in [3.63, 3.8) is 0 Å². The molecule has 0 unspecified atom stereocenters. The largest absolute Gasteiger partial charge is 0.352 e. The molecule has 0 bridgehead atoms. The number of nitrogens with one attached hydrogen (secondary N) is 2. The summed E-state index contributed by atoms with van der Waals surface area (Å²) in [6, 6.07) is 11.6. The van der Waals surface area contributed by atoms with Gasteiger partial charge in [0.15, 0.2) is 0 Å². The second-order valence-electron chi connectivity index (χ2n) is 5.77. The van der Waals surface area contributed by atoms with Crippen LogP contribution in [-0.4, -0.2) is 17.4 Å². The Morgan fingerprint density at radius 1 is 1.24 bits per heavy atom. The number of para-hydroxylation sites is 1. The highest BCUT2D eigenvalue weighted by Crippen LogP contribution is 2.19. The van der Waals surface area contributed by atoms with Crippen molar-refractivity contribution in [2.75, 3.05) is 6.54 Å². The second-order valence-corrected chi connectivity index (χ2v) is 6.17. The molecule has 0 aliphatic rings. The first-order valence-corrected chi connectivity index (χ1v) is 8.19. The number of amides is 1. The number of aromatic amines is 1. The molecule has 0 saturated carbocycles. The number of hydrogen-bond acceptors (Lipinski definition) is 2. The number of aromatic nitrogens is 1. The van der Waals surface area contributed by atoms with Crippen molar-refractivity contribution in [1.29, 1.82) is 0 Å². The van der Waals surface area contributed by atoms with Gasteiger partial charge in [-0.05, 0) is 42.5 Å². The smallest absolute Gasteiger partial charge is 0.255 e. The molecule has 4 nitrogen and oxygen atoms in total. The Morgan fingerprint density at radius 2 is 2.00 bits per heavy atom. The summed E-state index contributed by atoms with van der Waals surface area (Å²) in [5.41, 5.74) is 1.97. The van der Waals surface area contributed by atoms with Crippen LogP contribution in [0.1, 0.15) is 21.5 Å². The first-order valence-electron chi connectivity index (χ1n) is 7.81. The van der Waals surface area contributed by atoms with Gasteiger partial charge in [0.1, 0.15) is 5.82 Å². The summed E-state index contributed by atoms with van der Waals surface area (Å²) in [6.07, 6.45) is 0.330. The van der Waals surface area contributed by atoms with E-state index < -0.39 is 11.7 Å². The van der Waals surface area contributed by atoms with E-state index in [0.717, 1.165) is 16.5 Å². The van der Waals surface area contributed by atoms with Crippen molar-refractivity contribution < 1.29 is 9.18 Å². The molecular weight excluding hydrogens is 343 g/mol. The maximum absolute atomic E-state index is 13.7. The molecular formula is C19H16ClFN2O2. The summed E-state index contributed by atoms with van der Waals surface area (Å²) in [5, 5.41) is 3.58. The van der Waals surface area contributed by atoms with E-state index in [-0.39, 0.29) is 22.7 Å². The van der Waals surface area contributed by atoms with Crippen LogP contribution in [0.3, 0.4) is 0 Å². The predicted octanol–water partition coefficient (Wildman–Crippen LogP) is 3.60. The Labute approximate surface area is 148 Å². The Hall–Kier alpha value is -2.66. The van der Waals surface area contributed by atoms with E-state index in [4.69, 9.17) is 11.6 Å². The number of hydrogen-bond donors (Lipinski definition) is 2. The maximum atomic E-state index is 13.7. The molecule has 0 atom stereocenters. The van der Waals surface area contributed by atoms with Crippen molar-refractivity contribution in [3.05, 3.63) is 80.3 Å². The number of benzene rings is 2. The Kier molecular flexibility index (Phi) is 4.86. The van der Waals surface area contributed by atoms with E-state index in [1.165, 1.54) is 18.2 Å². The molecule has 0 fully saturated rings. The topological polar surface area (TPSA) is 62.0 Å². The fourth-order valence-corrected chi connectivity index (χ4v) is 2.98. The van der Waals surface area contributed by atoms with Crippen LogP contribution in [0.25, 0.3) is 10.9 Å². The number of H-pyrrole nitrogens is 1. The highest BCUT2D eigenvalue weighted by molar-refractivity contribution is 6.33. The van der Waals surface area contributed by atoms with E-state index in [9.17, 15) is 14.0 Å². The van der Waals surface area contributed by atoms with Crippen LogP contribution in [0.5, 0.6) is 0 Å². The zero-order valence-corrected chi connectivity index (χ0v) is 14.3. The summed E-state index contributed by atoms with van der Waals surface area (Å²) in [5.74, 6) is -1.28. The minimum absolute atomic E-state index is 0.0523. The van der Waals surface area contributed by atoms with Gasteiger partial charge in [-0.25, -0.2) is 4.39 Å². The predicted molar refractivity (Wildman–Crippen MR) is 96.8 cm³/mol. The molecule has 0 radical (unpaired) electrons. The normalized spacial score (nSPS) is 10.8. The quantitative estimate of drug-likeness (QED) is 0.748. The first-order chi connectivity index (χ1) is 12.0. The van der Waals surface area contributed by atoms with Crippen LogP contribution in [0.15, 0.2) is 47.3 Å². The Bertz CT molecular complexity index is 994. The van der Waals surface area contributed by atoms with Crippen molar-refractivity contribution in [2.45, 2.75) is 13.3 Å². The molecule has 2 aromatic carbocycles. The molecule has 1 heterocycles. The van der Waals surface area contributed by atoms with Gasteiger partial charge >= 0.3 is 0 Å². The molecule has 0 aliphatic heterocycles. The third-order valence-corrected chi connectivity index (χ3v) is 4.35. The number of carbonyl (C=O) groups is 1. The van der Waals surface area contributed by atoms with Gasteiger partial charge in [-0.2, -0.15) is 0 Å². The van der Waals surface area contributed by atoms with Gasteiger partial charge in [-0.15, -0.1) is 0 Å². The molecule has 1 amide bonds. The lowest BCUT2D eigenvalue weighted by Crippen LogP contribution is -2.28. The number of halogens is 2. The molecule has 3 aromatic rings. The van der Waals surface area contributed by atoms with E-state index >= 15 is 0 Å². The monoisotopic (exact) mass is 358 g/mol. The van der Waals surface area contributed by atoms with E-state index in [1.807, 2.05) is 31.2 Å². The molecule has 3 rings (SSSR count). The van der Waals surface area contributed by atoms with E-state index in [2.05, 4.69) is 10.3 Å². The van der Waals surface area contributed by atoms with Crippen LogP contribution in [-0.2, 0) is 6.42 Å². The highest BCUT2D eigenvalue weighted by atomic mass is 35.5. The fourth-order valence-electron chi connectivity index (χ4n) is 2.73. The molecule has 6 heteroatoms. The number of pyridine rings is 1. The van der Waals surface area contributed by atoms with Gasteiger partial charge in [0.05, 0.1) is 16.1 Å². The SMILES string of the molecule is Cc1cccc2cc(CCNC(=O)c3c(F)cccc3Cl)c(=O)[nH]c12. The summed E-state index contributed by atoms with van der Waals surface area (Å²) < 4.78 is 13.7. The van der Waals surface area contributed by atoms with Crippen LogP contribution in [0, 0.1) is 12.7 Å². The van der Waals surface area contributed by atoms with Gasteiger partial charge in [-0.3, -0.25) is 9.59 Å². The molecule has 0 saturated heterocycles.